The first kappa shape index (κ1) is 27.4. The minimum atomic E-state index is -3.61. The van der Waals surface area contributed by atoms with E-state index >= 15 is 0 Å². The Morgan fingerprint density at radius 3 is 2.56 bits per heavy atom. The number of aromatic nitrogens is 1. The molecule has 15 nitrogen and oxygen atoms in total. The Morgan fingerprint density at radius 2 is 2.06 bits per heavy atom. The number of nitrogen functional groups attached to an aromatic ring is 1. The van der Waals surface area contributed by atoms with Crippen LogP contribution < -0.4 is 11.1 Å². The Labute approximate surface area is 206 Å². The number of hydrogen-bond acceptors (Lipinski definition) is 11. The fourth-order valence-corrected chi connectivity index (χ4v) is 4.65. The molecule has 0 spiro atoms. The number of aliphatic carboxylic acids is 2. The second-order valence-electron chi connectivity index (χ2n) is 6.15. The first-order valence-electron chi connectivity index (χ1n) is 8.75. The van der Waals surface area contributed by atoms with Crippen molar-refractivity contribution < 1.29 is 44.3 Å². The van der Waals surface area contributed by atoms with E-state index in [-0.39, 0.29) is 22.2 Å². The van der Waals surface area contributed by atoms with Crippen LogP contribution in [0.15, 0.2) is 34.5 Å². The zero-order valence-corrected chi connectivity index (χ0v) is 20.8. The molecule has 2 atom stereocenters. The number of nitrogens with two attached hydrogens (primary N) is 1. The van der Waals surface area contributed by atoms with Crippen molar-refractivity contribution in [1.82, 2.24) is 15.2 Å². The molecule has 2 aliphatic rings. The van der Waals surface area contributed by atoms with E-state index in [1.807, 2.05) is 0 Å². The number of carboxylic acid groups (broad SMARTS) is 2. The van der Waals surface area contributed by atoms with Crippen molar-refractivity contribution in [3.05, 3.63) is 35.0 Å². The summed E-state index contributed by atoms with van der Waals surface area (Å²) >= 11 is -1.31. The molecule has 0 unspecified atom stereocenters. The number of rotatable bonds is 8. The van der Waals surface area contributed by atoms with E-state index in [4.69, 9.17) is 20.9 Å². The molecular weight excluding hydrogens is 614 g/mol. The number of hydrogen-bond donors (Lipinski definition) is 6. The van der Waals surface area contributed by atoms with Gasteiger partial charge in [-0.1, -0.05) is 17.8 Å². The molecule has 7 N–H and O–H groups in total. The topological polar surface area (TPSA) is 242 Å². The fourth-order valence-electron chi connectivity index (χ4n) is 2.76. The molecule has 2 aliphatic heterocycles. The number of β-lactam (4-membered cyclic amide) rings is 1. The summed E-state index contributed by atoms with van der Waals surface area (Å²) < 4.78 is 23.3. The molecule has 1 saturated heterocycles. The van der Waals surface area contributed by atoms with Gasteiger partial charge in [-0.05, 0) is 5.57 Å². The van der Waals surface area contributed by atoms with Crippen LogP contribution in [-0.2, 0) is 27.1 Å². The SMILES string of the molecule is C=CC1=C(C(=O)O)N2C(=O)[C@@H](NC(=O)C(=NOCC(=O)O)c3csc(N)n3)[C@H]2SC1.O=[Te](O)O. The summed E-state index contributed by atoms with van der Waals surface area (Å²) in [4.78, 5) is 57.1. The fraction of sp³-hybridized carbons (Fsp3) is 0.250. The molecule has 18 heteroatoms. The van der Waals surface area contributed by atoms with Crippen LogP contribution in [-0.4, -0.2) is 101 Å². The van der Waals surface area contributed by atoms with E-state index in [2.05, 4.69) is 26.9 Å². The first-order chi connectivity index (χ1) is 16.0. The molecule has 34 heavy (non-hydrogen) atoms. The Morgan fingerprint density at radius 1 is 1.41 bits per heavy atom. The molecule has 0 aliphatic carbocycles. The molecule has 0 bridgehead atoms. The molecule has 0 saturated carbocycles. The summed E-state index contributed by atoms with van der Waals surface area (Å²) in [5, 5.41) is 25.0. The van der Waals surface area contributed by atoms with Crippen molar-refractivity contribution in [2.75, 3.05) is 18.1 Å². The van der Waals surface area contributed by atoms with Gasteiger partial charge in [0.1, 0.15) is 22.8 Å². The normalized spacial score (nSPS) is 19.4. The number of amides is 2. The number of anilines is 1. The average Bonchev–Trinajstić information content (AvgIpc) is 3.18. The van der Waals surface area contributed by atoms with Crippen LogP contribution in [0.4, 0.5) is 5.13 Å². The molecule has 1 fully saturated rings. The summed E-state index contributed by atoms with van der Waals surface area (Å²) in [6.45, 7) is 2.77. The molecule has 1 aromatic heterocycles. The van der Waals surface area contributed by atoms with Gasteiger partial charge in [-0.3, -0.25) is 14.5 Å². The monoisotopic (exact) mass is 633 g/mol. The molecule has 184 valence electrons. The number of thiazole rings is 1. The van der Waals surface area contributed by atoms with Gasteiger partial charge >= 0.3 is 42.3 Å². The van der Waals surface area contributed by atoms with Crippen LogP contribution in [0, 0.1) is 0 Å². The predicted molar refractivity (Wildman–Crippen MR) is 117 cm³/mol. The van der Waals surface area contributed by atoms with Gasteiger partial charge < -0.3 is 26.1 Å². The summed E-state index contributed by atoms with van der Waals surface area (Å²) in [7, 11) is 0. The number of carboxylic acids is 2. The molecular formula is C16H17N5O10S2Te. The van der Waals surface area contributed by atoms with Crippen molar-refractivity contribution in [3.8, 4) is 0 Å². The van der Waals surface area contributed by atoms with Crippen molar-refractivity contribution in [2.45, 2.75) is 11.4 Å². The first-order valence-corrected chi connectivity index (χ1v) is 13.7. The van der Waals surface area contributed by atoms with Gasteiger partial charge in [-0.15, -0.1) is 23.1 Å². The van der Waals surface area contributed by atoms with Crippen LogP contribution in [0.3, 0.4) is 0 Å². The standard InChI is InChI=1S/C16H15N5O7S2.H2O3Te/c1-2-6-4-29-14-10(13(25)21(14)11(6)15(26)27)19-12(24)9(20-28-3-8(22)23)7-5-30-16(17)18-7;1-4(2)3/h2,5,10,14H,1,3-4H2,(H2,17,18)(H,19,24)(H,22,23)(H,26,27);(H2,1,2,3)/t10-,14-;/m1./s1. The van der Waals surface area contributed by atoms with Gasteiger partial charge in [0.05, 0.1) is 0 Å². The number of thioether (sulfide) groups is 1. The minimum absolute atomic E-state index is 0.0420. The third kappa shape index (κ3) is 6.59. The van der Waals surface area contributed by atoms with Crippen molar-refractivity contribution >= 4 is 78.1 Å². The quantitative estimate of drug-likeness (QED) is 0.0777. The van der Waals surface area contributed by atoms with Crippen LogP contribution >= 0.6 is 23.1 Å². The second kappa shape index (κ2) is 12.0. The van der Waals surface area contributed by atoms with Crippen molar-refractivity contribution in [1.29, 1.82) is 0 Å². The Bertz CT molecular complexity index is 1100. The van der Waals surface area contributed by atoms with Gasteiger partial charge in [0.2, 0.25) is 6.61 Å². The molecule has 2 amide bonds. The third-order valence-corrected chi connectivity index (χ3v) is 6.03. The number of nitrogens with zero attached hydrogens (tertiary/aromatic N) is 3. The zero-order valence-electron chi connectivity index (χ0n) is 16.8. The van der Waals surface area contributed by atoms with E-state index < -0.39 is 62.1 Å². The Kier molecular flexibility index (Phi) is 9.66. The van der Waals surface area contributed by atoms with Gasteiger partial charge in [0.25, 0.3) is 11.8 Å². The number of allylic oxidation sites excluding steroid dienone is 1. The summed E-state index contributed by atoms with van der Waals surface area (Å²) in [6, 6.07) is -1.01. The van der Waals surface area contributed by atoms with E-state index in [0.29, 0.717) is 11.3 Å². The summed E-state index contributed by atoms with van der Waals surface area (Å²) in [5.41, 5.74) is 5.48. The molecule has 0 radical (unpaired) electrons. The number of fused-ring (bicyclic) bond motifs is 1. The summed E-state index contributed by atoms with van der Waals surface area (Å²) in [5.74, 6) is -3.72. The molecule has 3 rings (SSSR count). The maximum absolute atomic E-state index is 12.7. The Balaban J connectivity index is 0.000000945. The number of carbonyl (C=O) groups is 4. The van der Waals surface area contributed by atoms with Gasteiger partial charge in [-0.2, -0.15) is 0 Å². The van der Waals surface area contributed by atoms with Crippen molar-refractivity contribution in [2.24, 2.45) is 5.16 Å². The number of nitrogens with one attached hydrogen (secondary N) is 1. The molecule has 3 heterocycles. The third-order valence-electron chi connectivity index (χ3n) is 4.06. The number of oxime groups is 1. The van der Waals surface area contributed by atoms with E-state index in [1.54, 1.807) is 0 Å². The van der Waals surface area contributed by atoms with Crippen LogP contribution in [0.2, 0.25) is 0 Å². The van der Waals surface area contributed by atoms with Crippen molar-refractivity contribution in [3.63, 3.8) is 0 Å². The van der Waals surface area contributed by atoms with Gasteiger partial charge in [-0.25, -0.2) is 14.6 Å². The summed E-state index contributed by atoms with van der Waals surface area (Å²) in [6.07, 6.45) is 1.38. The van der Waals surface area contributed by atoms with Gasteiger partial charge in [0.15, 0.2) is 10.8 Å². The predicted octanol–water partition coefficient (Wildman–Crippen LogP) is -2.16. The number of carbonyl (C=O) groups excluding carboxylic acids is 2. The Hall–Kier alpha value is -2.88. The van der Waals surface area contributed by atoms with Crippen LogP contribution in [0.1, 0.15) is 5.69 Å². The average molecular weight is 631 g/mol. The van der Waals surface area contributed by atoms with E-state index in [0.717, 1.165) is 16.2 Å². The van der Waals surface area contributed by atoms with E-state index in [1.165, 1.54) is 23.2 Å². The zero-order chi connectivity index (χ0) is 25.6. The van der Waals surface area contributed by atoms with Crippen LogP contribution in [0.5, 0.6) is 0 Å². The van der Waals surface area contributed by atoms with Gasteiger partial charge in [0, 0.05) is 11.1 Å². The molecule has 1 aromatic rings. The maximum atomic E-state index is 12.7. The molecule has 0 aromatic carbocycles. The second-order valence-corrected chi connectivity index (χ2v) is 9.46. The van der Waals surface area contributed by atoms with E-state index in [9.17, 15) is 24.3 Å². The van der Waals surface area contributed by atoms with Crippen LogP contribution in [0.25, 0.3) is 0 Å².